The molecule has 18 heavy (non-hydrogen) atoms. The number of rotatable bonds is 5. The van der Waals surface area contributed by atoms with Gasteiger partial charge in [0.2, 0.25) is 11.8 Å². The minimum absolute atomic E-state index is 0. The van der Waals surface area contributed by atoms with Crippen LogP contribution in [0.5, 0.6) is 0 Å². The zero-order chi connectivity index (χ0) is 13.1. The van der Waals surface area contributed by atoms with Gasteiger partial charge in [0.05, 0.1) is 0 Å². The van der Waals surface area contributed by atoms with Crippen LogP contribution in [0.15, 0.2) is 12.7 Å². The molecule has 0 aliphatic carbocycles. The standard InChI is InChI=1S/C12H18N2O3.Na.H/c1-4-6-8(3)12(7-5-2)9(15)13-11(17)14-10(12)16;;/h5,8H,2,4,6-7H2,1,3H3,(H2,13,14,15,16,17);;/t8-;;/m0../s1. The van der Waals surface area contributed by atoms with Crippen molar-refractivity contribution in [3.63, 3.8) is 0 Å². The predicted molar refractivity (Wildman–Crippen MR) is 70.1 cm³/mol. The molecule has 1 atom stereocenters. The molecule has 6 heteroatoms. The monoisotopic (exact) mass is 262 g/mol. The van der Waals surface area contributed by atoms with Gasteiger partial charge in [-0.05, 0) is 18.8 Å². The summed E-state index contributed by atoms with van der Waals surface area (Å²) < 4.78 is 0. The Labute approximate surface area is 129 Å². The molecule has 4 amide bonds. The Morgan fingerprint density at radius 1 is 1.28 bits per heavy atom. The summed E-state index contributed by atoms with van der Waals surface area (Å²) in [6.45, 7) is 7.42. The summed E-state index contributed by atoms with van der Waals surface area (Å²) in [5.74, 6) is -1.18. The van der Waals surface area contributed by atoms with Gasteiger partial charge in [0.15, 0.2) is 0 Å². The van der Waals surface area contributed by atoms with E-state index in [0.717, 1.165) is 12.8 Å². The first-order valence-corrected chi connectivity index (χ1v) is 5.76. The fourth-order valence-electron chi connectivity index (χ4n) is 2.30. The Morgan fingerprint density at radius 3 is 2.17 bits per heavy atom. The van der Waals surface area contributed by atoms with Crippen LogP contribution in [-0.2, 0) is 9.59 Å². The second kappa shape index (κ2) is 7.07. The summed E-state index contributed by atoms with van der Waals surface area (Å²) in [6, 6.07) is -0.747. The van der Waals surface area contributed by atoms with E-state index in [-0.39, 0.29) is 41.9 Å². The zero-order valence-corrected chi connectivity index (χ0v) is 10.2. The van der Waals surface area contributed by atoms with Crippen molar-refractivity contribution in [3.05, 3.63) is 12.7 Å². The number of hydrogen-bond acceptors (Lipinski definition) is 3. The van der Waals surface area contributed by atoms with Gasteiger partial charge in [-0.1, -0.05) is 26.3 Å². The van der Waals surface area contributed by atoms with Crippen molar-refractivity contribution in [2.75, 3.05) is 0 Å². The van der Waals surface area contributed by atoms with Gasteiger partial charge < -0.3 is 0 Å². The normalized spacial score (nSPS) is 19.3. The molecule has 0 unspecified atom stereocenters. The van der Waals surface area contributed by atoms with E-state index in [9.17, 15) is 14.4 Å². The van der Waals surface area contributed by atoms with E-state index in [1.807, 2.05) is 13.8 Å². The molecule has 1 fully saturated rings. The average molecular weight is 262 g/mol. The zero-order valence-electron chi connectivity index (χ0n) is 10.2. The fourth-order valence-corrected chi connectivity index (χ4v) is 2.30. The van der Waals surface area contributed by atoms with Crippen molar-refractivity contribution in [1.29, 1.82) is 0 Å². The molecule has 1 heterocycles. The molecule has 0 saturated carbocycles. The number of allylic oxidation sites excluding steroid dienone is 1. The number of imide groups is 2. The van der Waals surface area contributed by atoms with Crippen LogP contribution in [-0.4, -0.2) is 47.4 Å². The molecular formula is C12H19N2NaO3. The summed E-state index contributed by atoms with van der Waals surface area (Å²) in [5, 5.41) is 4.33. The summed E-state index contributed by atoms with van der Waals surface area (Å²) in [4.78, 5) is 35.1. The van der Waals surface area contributed by atoms with Gasteiger partial charge in [-0.3, -0.25) is 20.2 Å². The molecule has 0 aromatic rings. The number of urea groups is 1. The topological polar surface area (TPSA) is 75.3 Å². The molecule has 0 aromatic carbocycles. The van der Waals surface area contributed by atoms with E-state index in [1.54, 1.807) is 6.08 Å². The molecule has 0 aromatic heterocycles. The molecule has 1 saturated heterocycles. The average Bonchev–Trinajstić information content (AvgIpc) is 2.23. The second-order valence-corrected chi connectivity index (χ2v) is 4.39. The molecule has 1 aliphatic rings. The van der Waals surface area contributed by atoms with Gasteiger partial charge in [0, 0.05) is 0 Å². The van der Waals surface area contributed by atoms with E-state index in [2.05, 4.69) is 17.2 Å². The number of barbiturate groups is 1. The Hall–Kier alpha value is -0.650. The summed E-state index contributed by atoms with van der Waals surface area (Å²) in [5.41, 5.74) is -1.20. The molecule has 5 nitrogen and oxygen atoms in total. The number of nitrogens with one attached hydrogen (secondary N) is 2. The third-order valence-electron chi connectivity index (χ3n) is 3.29. The van der Waals surface area contributed by atoms with Crippen LogP contribution >= 0.6 is 0 Å². The Kier molecular flexibility index (Phi) is 6.81. The van der Waals surface area contributed by atoms with Crippen LogP contribution in [0.1, 0.15) is 33.1 Å². The predicted octanol–water partition coefficient (Wildman–Crippen LogP) is 0.703. The van der Waals surface area contributed by atoms with Gasteiger partial charge >= 0.3 is 35.6 Å². The molecular weight excluding hydrogens is 243 g/mol. The number of hydrogen-bond donors (Lipinski definition) is 2. The number of amides is 4. The van der Waals surface area contributed by atoms with E-state index in [0.29, 0.717) is 0 Å². The molecule has 1 rings (SSSR count). The van der Waals surface area contributed by atoms with Crippen LogP contribution in [0, 0.1) is 11.3 Å². The second-order valence-electron chi connectivity index (χ2n) is 4.39. The van der Waals surface area contributed by atoms with E-state index < -0.39 is 23.3 Å². The SMILES string of the molecule is C=CCC1([C@@H](C)CCC)C(=O)NC(=O)NC1=O.[NaH]. The van der Waals surface area contributed by atoms with E-state index in [4.69, 9.17) is 0 Å². The van der Waals surface area contributed by atoms with Crippen molar-refractivity contribution < 1.29 is 14.4 Å². The first-order chi connectivity index (χ1) is 7.98. The Balaban J connectivity index is 0.00000289. The molecule has 0 radical (unpaired) electrons. The summed E-state index contributed by atoms with van der Waals surface area (Å²) >= 11 is 0. The van der Waals surface area contributed by atoms with Crippen molar-refractivity contribution >= 4 is 47.4 Å². The van der Waals surface area contributed by atoms with Crippen molar-refractivity contribution in [1.82, 2.24) is 10.6 Å². The summed E-state index contributed by atoms with van der Waals surface area (Å²) in [7, 11) is 0. The Bertz CT molecular complexity index is 348. The Morgan fingerprint density at radius 2 is 1.78 bits per heavy atom. The number of carbonyl (C=O) groups excluding carboxylic acids is 3. The number of carbonyl (C=O) groups is 3. The first-order valence-electron chi connectivity index (χ1n) is 5.76. The van der Waals surface area contributed by atoms with Crippen LogP contribution < -0.4 is 10.6 Å². The maximum absolute atomic E-state index is 12.0. The first kappa shape index (κ1) is 17.4. The third kappa shape index (κ3) is 3.02. The fraction of sp³-hybridized carbons (Fsp3) is 0.583. The van der Waals surface area contributed by atoms with Crippen LogP contribution in [0.4, 0.5) is 4.79 Å². The molecule has 0 bridgehead atoms. The van der Waals surface area contributed by atoms with Crippen LogP contribution in [0.25, 0.3) is 0 Å². The molecule has 2 N–H and O–H groups in total. The maximum atomic E-state index is 12.0. The molecule has 96 valence electrons. The van der Waals surface area contributed by atoms with E-state index >= 15 is 0 Å². The molecule has 0 spiro atoms. The van der Waals surface area contributed by atoms with Crippen molar-refractivity contribution in [3.8, 4) is 0 Å². The van der Waals surface area contributed by atoms with Crippen molar-refractivity contribution in [2.45, 2.75) is 33.1 Å². The van der Waals surface area contributed by atoms with Gasteiger partial charge in [0.1, 0.15) is 5.41 Å². The summed E-state index contributed by atoms with van der Waals surface area (Å²) in [6.07, 6.45) is 3.39. The van der Waals surface area contributed by atoms with Crippen LogP contribution in [0.2, 0.25) is 0 Å². The minimum atomic E-state index is -1.20. The van der Waals surface area contributed by atoms with Gasteiger partial charge in [-0.2, -0.15) is 0 Å². The van der Waals surface area contributed by atoms with Crippen LogP contribution in [0.3, 0.4) is 0 Å². The van der Waals surface area contributed by atoms with Gasteiger partial charge in [-0.25, -0.2) is 4.79 Å². The van der Waals surface area contributed by atoms with Gasteiger partial charge in [-0.15, -0.1) is 6.58 Å². The molecule has 1 aliphatic heterocycles. The third-order valence-corrected chi connectivity index (χ3v) is 3.29. The van der Waals surface area contributed by atoms with Gasteiger partial charge in [0.25, 0.3) is 0 Å². The van der Waals surface area contributed by atoms with E-state index in [1.165, 1.54) is 0 Å². The van der Waals surface area contributed by atoms with Crippen molar-refractivity contribution in [2.24, 2.45) is 11.3 Å². The quantitative estimate of drug-likeness (QED) is 0.435.